The fourth-order valence-corrected chi connectivity index (χ4v) is 6.29. The molecule has 6 rings (SSSR count). The molecule has 43 heavy (non-hydrogen) atoms. The number of aromatic nitrogens is 1. The van der Waals surface area contributed by atoms with Gasteiger partial charge >= 0.3 is 6.09 Å². The van der Waals surface area contributed by atoms with Crippen LogP contribution in [0.5, 0.6) is 5.75 Å². The number of ether oxygens (including phenoxy) is 3. The zero-order valence-electron chi connectivity index (χ0n) is 24.6. The highest BCUT2D eigenvalue weighted by molar-refractivity contribution is 6.31. The first-order valence-corrected chi connectivity index (χ1v) is 15.2. The lowest BCUT2D eigenvalue weighted by Crippen LogP contribution is -2.49. The SMILES string of the molecule is CCN1CCN(C(=O)COc2ccc(C3c4[nH]c5ccc(Cl)cc5c4CCN3C(=O)OC3C=CC(OC)=CC3)cc2)CC1. The second kappa shape index (κ2) is 12.7. The second-order valence-corrected chi connectivity index (χ2v) is 11.5. The minimum atomic E-state index is -0.398. The summed E-state index contributed by atoms with van der Waals surface area (Å²) in [5.41, 5.74) is 3.97. The number of likely N-dealkylation sites (N-methyl/N-ethyl adjacent to an activating group) is 1. The zero-order valence-corrected chi connectivity index (χ0v) is 25.3. The number of piperazine rings is 1. The van der Waals surface area contributed by atoms with Crippen molar-refractivity contribution in [1.82, 2.24) is 19.7 Å². The summed E-state index contributed by atoms with van der Waals surface area (Å²) in [5.74, 6) is 1.35. The van der Waals surface area contributed by atoms with Gasteiger partial charge in [0.25, 0.3) is 5.91 Å². The summed E-state index contributed by atoms with van der Waals surface area (Å²) in [6.07, 6.45) is 6.06. The van der Waals surface area contributed by atoms with Crippen LogP contribution in [0.2, 0.25) is 5.02 Å². The number of benzene rings is 2. The van der Waals surface area contributed by atoms with Gasteiger partial charge in [-0.1, -0.05) is 30.7 Å². The van der Waals surface area contributed by atoms with Crippen LogP contribution in [-0.2, 0) is 20.7 Å². The van der Waals surface area contributed by atoms with Crippen molar-refractivity contribution in [3.8, 4) is 5.75 Å². The van der Waals surface area contributed by atoms with Crippen molar-refractivity contribution in [2.45, 2.75) is 31.9 Å². The highest BCUT2D eigenvalue weighted by Crippen LogP contribution is 2.40. The van der Waals surface area contributed by atoms with Crippen molar-refractivity contribution in [2.24, 2.45) is 0 Å². The maximum absolute atomic E-state index is 13.6. The Labute approximate surface area is 256 Å². The third-order valence-electron chi connectivity index (χ3n) is 8.57. The van der Waals surface area contributed by atoms with E-state index in [0.29, 0.717) is 30.2 Å². The molecular weight excluding hydrogens is 568 g/mol. The van der Waals surface area contributed by atoms with Gasteiger partial charge < -0.3 is 29.0 Å². The van der Waals surface area contributed by atoms with E-state index >= 15 is 0 Å². The summed E-state index contributed by atoms with van der Waals surface area (Å²) in [7, 11) is 1.62. The molecule has 1 aliphatic carbocycles. The van der Waals surface area contributed by atoms with E-state index in [0.717, 1.165) is 66.2 Å². The molecule has 0 spiro atoms. The molecule has 3 heterocycles. The topological polar surface area (TPSA) is 87.3 Å². The summed E-state index contributed by atoms with van der Waals surface area (Å²) < 4.78 is 17.1. The lowest BCUT2D eigenvalue weighted by atomic mass is 9.92. The van der Waals surface area contributed by atoms with Gasteiger partial charge in [-0.05, 0) is 72.7 Å². The van der Waals surface area contributed by atoms with Gasteiger partial charge in [0.05, 0.1) is 7.11 Å². The number of hydrogen-bond donors (Lipinski definition) is 1. The van der Waals surface area contributed by atoms with Gasteiger partial charge in [-0.25, -0.2) is 4.79 Å². The molecule has 0 bridgehead atoms. The molecule has 1 fully saturated rings. The van der Waals surface area contributed by atoms with Crippen molar-refractivity contribution in [1.29, 1.82) is 0 Å². The van der Waals surface area contributed by atoms with Gasteiger partial charge in [0, 0.05) is 60.8 Å². The average Bonchev–Trinajstić information content (AvgIpc) is 3.41. The van der Waals surface area contributed by atoms with Crippen molar-refractivity contribution >= 4 is 34.5 Å². The third kappa shape index (κ3) is 6.24. The minimum absolute atomic E-state index is 0.00554. The van der Waals surface area contributed by atoms with E-state index < -0.39 is 6.04 Å². The molecule has 0 saturated carbocycles. The van der Waals surface area contributed by atoms with Crippen LogP contribution in [0.15, 0.2) is 66.5 Å². The molecule has 3 aliphatic rings. The Balaban J connectivity index is 1.21. The van der Waals surface area contributed by atoms with E-state index in [1.165, 1.54) is 0 Å². The lowest BCUT2D eigenvalue weighted by Gasteiger charge is -2.36. The molecule has 10 heteroatoms. The van der Waals surface area contributed by atoms with Crippen molar-refractivity contribution in [2.75, 3.05) is 53.0 Å². The van der Waals surface area contributed by atoms with E-state index in [1.54, 1.807) is 12.0 Å². The first-order valence-electron chi connectivity index (χ1n) is 14.9. The molecule has 2 atom stereocenters. The molecule has 2 aliphatic heterocycles. The molecule has 2 aromatic carbocycles. The van der Waals surface area contributed by atoms with E-state index in [4.69, 9.17) is 25.8 Å². The van der Waals surface area contributed by atoms with E-state index in [-0.39, 0.29) is 24.7 Å². The van der Waals surface area contributed by atoms with Crippen LogP contribution in [0.25, 0.3) is 10.9 Å². The van der Waals surface area contributed by atoms with E-state index in [9.17, 15) is 9.59 Å². The smallest absolute Gasteiger partial charge is 0.411 e. The Morgan fingerprint density at radius 1 is 1.05 bits per heavy atom. The number of nitrogens with one attached hydrogen (secondary N) is 1. The Kier molecular flexibility index (Phi) is 8.63. The number of halogens is 1. The Hall–Kier alpha value is -3.95. The fraction of sp³-hybridized carbons (Fsp3) is 0.394. The second-order valence-electron chi connectivity index (χ2n) is 11.1. The van der Waals surface area contributed by atoms with Crippen molar-refractivity contribution < 1.29 is 23.8 Å². The van der Waals surface area contributed by atoms with Crippen LogP contribution in [0.1, 0.15) is 36.2 Å². The van der Waals surface area contributed by atoms with Crippen LogP contribution >= 0.6 is 11.6 Å². The first-order chi connectivity index (χ1) is 20.9. The molecule has 0 radical (unpaired) electrons. The van der Waals surface area contributed by atoms with Gasteiger partial charge in [-0.3, -0.25) is 9.69 Å². The zero-order chi connectivity index (χ0) is 29.9. The van der Waals surface area contributed by atoms with Crippen molar-refractivity contribution in [3.05, 3.63) is 88.3 Å². The normalized spacial score (nSPS) is 20.5. The fourth-order valence-electron chi connectivity index (χ4n) is 6.12. The number of carbonyl (C=O) groups excluding carboxylic acids is 2. The molecule has 2 unspecified atom stereocenters. The highest BCUT2D eigenvalue weighted by Gasteiger charge is 2.36. The van der Waals surface area contributed by atoms with Crippen molar-refractivity contribution in [3.63, 3.8) is 0 Å². The summed E-state index contributed by atoms with van der Waals surface area (Å²) in [5, 5.41) is 1.73. The Bertz CT molecular complexity index is 1540. The van der Waals surface area contributed by atoms with Gasteiger partial charge in [0.2, 0.25) is 0 Å². The Morgan fingerprint density at radius 3 is 2.53 bits per heavy atom. The molecule has 226 valence electrons. The van der Waals surface area contributed by atoms with Gasteiger partial charge in [-0.2, -0.15) is 0 Å². The van der Waals surface area contributed by atoms with Crippen LogP contribution < -0.4 is 4.74 Å². The molecule has 1 saturated heterocycles. The van der Waals surface area contributed by atoms with Crippen LogP contribution in [-0.4, -0.2) is 90.8 Å². The largest absolute Gasteiger partial charge is 0.497 e. The number of H-pyrrole nitrogens is 1. The Morgan fingerprint density at radius 2 is 1.84 bits per heavy atom. The number of methoxy groups -OCH3 is 1. The average molecular weight is 605 g/mol. The maximum Gasteiger partial charge on any atom is 0.411 e. The van der Waals surface area contributed by atoms with Gasteiger partial charge in [0.1, 0.15) is 23.7 Å². The molecule has 9 nitrogen and oxygen atoms in total. The molecule has 1 N–H and O–H groups in total. The third-order valence-corrected chi connectivity index (χ3v) is 8.80. The number of hydrogen-bond acceptors (Lipinski definition) is 6. The van der Waals surface area contributed by atoms with Crippen LogP contribution in [0.4, 0.5) is 4.79 Å². The van der Waals surface area contributed by atoms with Gasteiger partial charge in [0.15, 0.2) is 6.61 Å². The number of fused-ring (bicyclic) bond motifs is 3. The monoisotopic (exact) mass is 604 g/mol. The number of rotatable bonds is 7. The standard InChI is InChI=1S/C33H37ClN4O5/c1-3-36-16-18-37(19-17-36)30(39)21-42-25-7-4-22(5-8-25)32-31-27(28-20-23(34)6-13-29(28)35-31)14-15-38(32)33(40)43-26-11-9-24(41-2)10-12-26/h4-11,13,20,26,32,35H,3,12,14-19,21H2,1-2H3. The summed E-state index contributed by atoms with van der Waals surface area (Å²) in [4.78, 5) is 35.9. The molecule has 2 amide bonds. The van der Waals surface area contributed by atoms with Gasteiger partial charge in [-0.15, -0.1) is 0 Å². The molecule has 3 aromatic rings. The quantitative estimate of drug-likeness (QED) is 0.393. The minimum Gasteiger partial charge on any atom is -0.497 e. The lowest BCUT2D eigenvalue weighted by molar-refractivity contribution is -0.135. The molecular formula is C33H37ClN4O5. The summed E-state index contributed by atoms with van der Waals surface area (Å²) >= 11 is 6.35. The number of amides is 2. The predicted molar refractivity (Wildman–Crippen MR) is 165 cm³/mol. The number of nitrogens with zero attached hydrogens (tertiary/aromatic N) is 3. The van der Waals surface area contributed by atoms with E-state index in [1.807, 2.05) is 65.6 Å². The first kappa shape index (κ1) is 29.1. The van der Waals surface area contributed by atoms with E-state index in [2.05, 4.69) is 16.8 Å². The number of allylic oxidation sites excluding steroid dienone is 1. The number of aromatic amines is 1. The van der Waals surface area contributed by atoms with Crippen LogP contribution in [0.3, 0.4) is 0 Å². The predicted octanol–water partition coefficient (Wildman–Crippen LogP) is 5.31. The summed E-state index contributed by atoms with van der Waals surface area (Å²) in [6, 6.07) is 13.0. The highest BCUT2D eigenvalue weighted by atomic mass is 35.5. The molecule has 1 aromatic heterocycles. The summed E-state index contributed by atoms with van der Waals surface area (Å²) in [6.45, 7) is 6.85. The maximum atomic E-state index is 13.6. The van der Waals surface area contributed by atoms with Crippen LogP contribution in [0, 0.1) is 0 Å². The number of carbonyl (C=O) groups is 2.